The lowest BCUT2D eigenvalue weighted by molar-refractivity contribution is 0.627. The number of benzene rings is 1. The summed E-state index contributed by atoms with van der Waals surface area (Å²) < 4.78 is 12.9. The first-order valence-corrected chi connectivity index (χ1v) is 6.63. The molecule has 2 rings (SSSR count). The van der Waals surface area contributed by atoms with Gasteiger partial charge in [0.05, 0.1) is 0 Å². The molecule has 20 heavy (non-hydrogen) atoms. The van der Waals surface area contributed by atoms with Gasteiger partial charge >= 0.3 is 0 Å². The van der Waals surface area contributed by atoms with Crippen LogP contribution in [-0.4, -0.2) is 24.1 Å². The maximum atomic E-state index is 12.9. The van der Waals surface area contributed by atoms with Crippen molar-refractivity contribution in [1.29, 1.82) is 0 Å². The number of nitrogens with one attached hydrogen (secondary N) is 1. The molecule has 0 amide bonds. The molecule has 0 saturated heterocycles. The van der Waals surface area contributed by atoms with Gasteiger partial charge in [0.25, 0.3) is 0 Å². The second-order valence-corrected chi connectivity index (χ2v) is 4.61. The first-order valence-electron chi connectivity index (χ1n) is 6.63. The lowest BCUT2D eigenvalue weighted by Gasteiger charge is -2.19. The zero-order valence-electron chi connectivity index (χ0n) is 12.0. The number of hydrogen-bond acceptors (Lipinski definition) is 4. The van der Waals surface area contributed by atoms with Crippen LogP contribution >= 0.6 is 0 Å². The van der Waals surface area contributed by atoms with Gasteiger partial charge in [-0.05, 0) is 17.7 Å². The van der Waals surface area contributed by atoms with Crippen molar-refractivity contribution >= 4 is 11.6 Å². The van der Waals surface area contributed by atoms with Crippen LogP contribution in [0.5, 0.6) is 0 Å². The van der Waals surface area contributed by atoms with E-state index >= 15 is 0 Å². The summed E-state index contributed by atoms with van der Waals surface area (Å²) in [6, 6.07) is 8.42. The normalized spacial score (nSPS) is 10.4. The van der Waals surface area contributed by atoms with Crippen LogP contribution in [-0.2, 0) is 13.0 Å². The Kier molecular flexibility index (Phi) is 4.50. The van der Waals surface area contributed by atoms with Crippen LogP contribution < -0.4 is 10.2 Å². The third kappa shape index (κ3) is 3.44. The molecule has 106 valence electrons. The molecule has 2 aromatic rings. The first-order chi connectivity index (χ1) is 9.62. The number of hydrogen-bond donors (Lipinski definition) is 1. The van der Waals surface area contributed by atoms with Gasteiger partial charge in [0.15, 0.2) is 0 Å². The number of halogens is 1. The quantitative estimate of drug-likeness (QED) is 0.910. The van der Waals surface area contributed by atoms with Crippen molar-refractivity contribution < 1.29 is 4.39 Å². The molecule has 4 nitrogen and oxygen atoms in total. The Labute approximate surface area is 118 Å². The largest absolute Gasteiger partial charge is 0.373 e. The minimum absolute atomic E-state index is 0.218. The summed E-state index contributed by atoms with van der Waals surface area (Å²) in [6.07, 6.45) is 0.785. The maximum absolute atomic E-state index is 12.9. The lowest BCUT2D eigenvalue weighted by Crippen LogP contribution is -2.19. The van der Waals surface area contributed by atoms with Crippen molar-refractivity contribution in [3.63, 3.8) is 0 Å². The standard InChI is InChI=1S/C15H19FN4/c1-4-13-18-14(17-2)9-15(19-13)20(3)10-11-5-7-12(16)8-6-11/h5-9H,4,10H2,1-3H3,(H,17,18,19). The molecular weight excluding hydrogens is 255 g/mol. The molecule has 0 radical (unpaired) electrons. The Morgan fingerprint density at radius 3 is 2.50 bits per heavy atom. The first kappa shape index (κ1) is 14.2. The average molecular weight is 274 g/mol. The smallest absolute Gasteiger partial charge is 0.134 e. The fraction of sp³-hybridized carbons (Fsp3) is 0.333. The van der Waals surface area contributed by atoms with Crippen molar-refractivity contribution in [2.45, 2.75) is 19.9 Å². The van der Waals surface area contributed by atoms with E-state index in [1.54, 1.807) is 12.1 Å². The van der Waals surface area contributed by atoms with Crippen LogP contribution in [0.4, 0.5) is 16.0 Å². The maximum Gasteiger partial charge on any atom is 0.134 e. The van der Waals surface area contributed by atoms with E-state index in [4.69, 9.17) is 0 Å². The fourth-order valence-corrected chi connectivity index (χ4v) is 1.91. The van der Waals surface area contributed by atoms with Gasteiger partial charge in [-0.25, -0.2) is 14.4 Å². The molecule has 1 N–H and O–H groups in total. The molecule has 5 heteroatoms. The molecule has 0 saturated carbocycles. The highest BCUT2D eigenvalue weighted by Crippen LogP contribution is 2.17. The molecule has 0 aliphatic rings. The van der Waals surface area contributed by atoms with E-state index in [1.807, 2.05) is 32.0 Å². The van der Waals surface area contributed by atoms with E-state index in [9.17, 15) is 4.39 Å². The number of nitrogens with zero attached hydrogens (tertiary/aromatic N) is 3. The molecule has 0 fully saturated rings. The van der Waals surface area contributed by atoms with Gasteiger partial charge < -0.3 is 10.2 Å². The predicted molar refractivity (Wildman–Crippen MR) is 79.5 cm³/mol. The van der Waals surface area contributed by atoms with Crippen molar-refractivity contribution in [2.24, 2.45) is 0 Å². The molecule has 1 aromatic carbocycles. The Morgan fingerprint density at radius 1 is 1.20 bits per heavy atom. The Morgan fingerprint density at radius 2 is 1.90 bits per heavy atom. The summed E-state index contributed by atoms with van der Waals surface area (Å²) in [4.78, 5) is 10.9. The van der Waals surface area contributed by atoms with E-state index in [0.29, 0.717) is 6.54 Å². The summed E-state index contributed by atoms with van der Waals surface area (Å²) in [7, 11) is 3.80. The molecule has 0 aliphatic heterocycles. The Balaban J connectivity index is 2.19. The Hall–Kier alpha value is -2.17. The van der Waals surface area contributed by atoms with Gasteiger partial charge in [0, 0.05) is 33.1 Å². The van der Waals surface area contributed by atoms with Gasteiger partial charge in [0.2, 0.25) is 0 Å². The average Bonchev–Trinajstić information content (AvgIpc) is 2.48. The fourth-order valence-electron chi connectivity index (χ4n) is 1.91. The van der Waals surface area contributed by atoms with Gasteiger partial charge in [-0.1, -0.05) is 19.1 Å². The third-order valence-corrected chi connectivity index (χ3v) is 3.06. The zero-order valence-corrected chi connectivity index (χ0v) is 12.0. The van der Waals surface area contributed by atoms with Crippen LogP contribution in [0, 0.1) is 5.82 Å². The monoisotopic (exact) mass is 274 g/mol. The predicted octanol–water partition coefficient (Wildman–Crippen LogP) is 2.86. The van der Waals surface area contributed by atoms with Crippen LogP contribution in [0.25, 0.3) is 0 Å². The van der Waals surface area contributed by atoms with Crippen molar-refractivity contribution in [3.05, 3.63) is 47.5 Å². The van der Waals surface area contributed by atoms with Gasteiger partial charge in [-0.2, -0.15) is 0 Å². The second kappa shape index (κ2) is 6.32. The second-order valence-electron chi connectivity index (χ2n) is 4.61. The highest BCUT2D eigenvalue weighted by atomic mass is 19.1. The van der Waals surface area contributed by atoms with E-state index in [-0.39, 0.29) is 5.82 Å². The van der Waals surface area contributed by atoms with E-state index < -0.39 is 0 Å². The van der Waals surface area contributed by atoms with E-state index in [1.165, 1.54) is 12.1 Å². The van der Waals surface area contributed by atoms with E-state index in [0.717, 1.165) is 29.4 Å². The molecule has 0 unspecified atom stereocenters. The van der Waals surface area contributed by atoms with E-state index in [2.05, 4.69) is 15.3 Å². The number of anilines is 2. The minimum Gasteiger partial charge on any atom is -0.373 e. The summed E-state index contributed by atoms with van der Waals surface area (Å²) >= 11 is 0. The summed E-state index contributed by atoms with van der Waals surface area (Å²) in [5.74, 6) is 2.24. The molecule has 1 aromatic heterocycles. The minimum atomic E-state index is -0.218. The van der Waals surface area contributed by atoms with Crippen LogP contribution in [0.1, 0.15) is 18.3 Å². The lowest BCUT2D eigenvalue weighted by atomic mass is 10.2. The van der Waals surface area contributed by atoms with Crippen molar-refractivity contribution in [3.8, 4) is 0 Å². The summed E-state index contributed by atoms with van der Waals surface area (Å²) in [5, 5.41) is 3.04. The Bertz CT molecular complexity index is 546. The molecule has 0 aliphatic carbocycles. The third-order valence-electron chi connectivity index (χ3n) is 3.06. The van der Waals surface area contributed by atoms with Gasteiger partial charge in [-0.3, -0.25) is 0 Å². The van der Waals surface area contributed by atoms with Gasteiger partial charge in [-0.15, -0.1) is 0 Å². The summed E-state index contributed by atoms with van der Waals surface area (Å²) in [5.41, 5.74) is 1.04. The summed E-state index contributed by atoms with van der Waals surface area (Å²) in [6.45, 7) is 2.70. The number of aryl methyl sites for hydroxylation is 1. The highest BCUT2D eigenvalue weighted by molar-refractivity contribution is 5.49. The molecule has 0 atom stereocenters. The van der Waals surface area contributed by atoms with Crippen LogP contribution in [0.2, 0.25) is 0 Å². The molecular formula is C15H19FN4. The van der Waals surface area contributed by atoms with Crippen molar-refractivity contribution in [2.75, 3.05) is 24.3 Å². The topological polar surface area (TPSA) is 41.1 Å². The highest BCUT2D eigenvalue weighted by Gasteiger charge is 2.08. The zero-order chi connectivity index (χ0) is 14.5. The number of rotatable bonds is 5. The number of aromatic nitrogens is 2. The molecule has 1 heterocycles. The molecule has 0 bridgehead atoms. The van der Waals surface area contributed by atoms with Crippen LogP contribution in [0.3, 0.4) is 0 Å². The van der Waals surface area contributed by atoms with Crippen LogP contribution in [0.15, 0.2) is 30.3 Å². The molecule has 0 spiro atoms. The SMILES string of the molecule is CCc1nc(NC)cc(N(C)Cc2ccc(F)cc2)n1. The van der Waals surface area contributed by atoms with Gasteiger partial charge in [0.1, 0.15) is 23.3 Å². The van der Waals surface area contributed by atoms with Crippen molar-refractivity contribution in [1.82, 2.24) is 9.97 Å².